The van der Waals surface area contributed by atoms with E-state index < -0.39 is 24.1 Å². The quantitative estimate of drug-likeness (QED) is 0.579. The van der Waals surface area contributed by atoms with Gasteiger partial charge in [0.2, 0.25) is 0 Å². The lowest BCUT2D eigenvalue weighted by Gasteiger charge is -2.26. The van der Waals surface area contributed by atoms with Crippen molar-refractivity contribution >= 4 is 11.9 Å². The zero-order valence-electron chi connectivity index (χ0n) is 10.8. The number of carboxylic acid groups (broad SMARTS) is 1. The number of hydrogen-bond donors (Lipinski definition) is 1. The largest absolute Gasteiger partial charge is 0.481 e. The highest BCUT2D eigenvalue weighted by atomic mass is 17.0. The third-order valence-electron chi connectivity index (χ3n) is 2.82. The molecule has 0 bridgehead atoms. The Morgan fingerprint density at radius 2 is 2.21 bits per heavy atom. The van der Waals surface area contributed by atoms with Crippen LogP contribution in [0.15, 0.2) is 4.63 Å². The number of aliphatic carboxylic acids is 1. The summed E-state index contributed by atoms with van der Waals surface area (Å²) in [6.07, 6.45) is 0.650. The van der Waals surface area contributed by atoms with Gasteiger partial charge in [0.15, 0.2) is 0 Å². The highest BCUT2D eigenvalue weighted by molar-refractivity contribution is 5.70. The summed E-state index contributed by atoms with van der Waals surface area (Å²) in [5.74, 6) is -1.68. The van der Waals surface area contributed by atoms with Crippen molar-refractivity contribution in [1.29, 1.82) is 0 Å². The molecular weight excluding hydrogens is 258 g/mol. The lowest BCUT2D eigenvalue weighted by atomic mass is 10.00. The highest BCUT2D eigenvalue weighted by Gasteiger charge is 2.31. The van der Waals surface area contributed by atoms with Gasteiger partial charge in [-0.05, 0) is 12.8 Å². The number of piperidine rings is 1. The Morgan fingerprint density at radius 3 is 2.84 bits per heavy atom. The SMILES string of the molecule is CC(=O)OC(C)On1on1N1CCCC(C(=O)O)C1. The number of nitrogens with zero attached hydrogens (tertiary/aromatic N) is 3. The second-order valence-electron chi connectivity index (χ2n) is 4.44. The van der Waals surface area contributed by atoms with Gasteiger partial charge in [0, 0.05) is 25.4 Å². The minimum atomic E-state index is -0.813. The standard InChI is InChI=1S/C10H17N3O6/c1-7(14)17-8(2)18-13-12(19-13)11-5-3-4-9(6-11)10(15)16/h8-9H,3-6H2,1-2H3,(H,15,16). The van der Waals surface area contributed by atoms with E-state index in [1.807, 2.05) is 0 Å². The monoisotopic (exact) mass is 275 g/mol. The van der Waals surface area contributed by atoms with Crippen LogP contribution in [0.3, 0.4) is 0 Å². The lowest BCUT2D eigenvalue weighted by molar-refractivity contribution is -0.178. The molecule has 2 unspecified atom stereocenters. The Balaban J connectivity index is 1.84. The van der Waals surface area contributed by atoms with E-state index in [4.69, 9.17) is 19.3 Å². The zero-order chi connectivity index (χ0) is 14.0. The van der Waals surface area contributed by atoms with E-state index in [9.17, 15) is 9.59 Å². The van der Waals surface area contributed by atoms with Crippen LogP contribution in [0.25, 0.3) is 0 Å². The third kappa shape index (κ3) is 3.46. The maximum atomic E-state index is 10.9. The van der Waals surface area contributed by atoms with E-state index in [0.29, 0.717) is 19.5 Å². The first-order valence-corrected chi connectivity index (χ1v) is 6.07. The van der Waals surface area contributed by atoms with Crippen molar-refractivity contribution in [1.82, 2.24) is 9.98 Å². The number of hydrogen-bond acceptors (Lipinski definition) is 6. The van der Waals surface area contributed by atoms with Crippen LogP contribution in [-0.4, -0.2) is 46.4 Å². The Bertz CT molecular complexity index is 447. The summed E-state index contributed by atoms with van der Waals surface area (Å²) in [5.41, 5.74) is 0. The molecule has 0 radical (unpaired) electrons. The van der Waals surface area contributed by atoms with Gasteiger partial charge in [-0.3, -0.25) is 14.6 Å². The van der Waals surface area contributed by atoms with Gasteiger partial charge >= 0.3 is 11.9 Å². The number of carbonyl (C=O) groups excluding carboxylic acids is 1. The van der Waals surface area contributed by atoms with Crippen LogP contribution in [0.4, 0.5) is 0 Å². The molecule has 0 aliphatic carbocycles. The minimum Gasteiger partial charge on any atom is -0.481 e. The van der Waals surface area contributed by atoms with Gasteiger partial charge < -0.3 is 14.7 Å². The molecule has 2 rings (SSSR count). The molecule has 0 amide bonds. The highest BCUT2D eigenvalue weighted by Crippen LogP contribution is 2.17. The summed E-state index contributed by atoms with van der Waals surface area (Å²) in [6.45, 7) is 3.88. The number of aromatic nitrogens is 2. The van der Waals surface area contributed by atoms with Gasteiger partial charge in [-0.15, -0.1) is 0 Å². The topological polar surface area (TPSA) is 99.1 Å². The molecule has 9 heteroatoms. The first kappa shape index (κ1) is 13.4. The first-order valence-electron chi connectivity index (χ1n) is 6.07. The number of carbonyl (C=O) groups is 2. The van der Waals surface area contributed by atoms with Crippen LogP contribution >= 0.6 is 0 Å². The fourth-order valence-electron chi connectivity index (χ4n) is 1.96. The van der Waals surface area contributed by atoms with Crippen molar-refractivity contribution < 1.29 is 28.9 Å². The normalized spacial score (nSPS) is 21.2. The second-order valence-corrected chi connectivity index (χ2v) is 4.44. The van der Waals surface area contributed by atoms with E-state index in [2.05, 4.69) is 0 Å². The average molecular weight is 275 g/mol. The van der Waals surface area contributed by atoms with Crippen LogP contribution in [-0.2, 0) is 14.3 Å². The number of esters is 1. The predicted octanol–water partition coefficient (Wildman–Crippen LogP) is -0.347. The van der Waals surface area contributed by atoms with E-state index in [1.165, 1.54) is 11.9 Å². The fraction of sp³-hybridized carbons (Fsp3) is 0.800. The zero-order valence-corrected chi connectivity index (χ0v) is 10.8. The van der Waals surface area contributed by atoms with Crippen LogP contribution in [0.2, 0.25) is 0 Å². The van der Waals surface area contributed by atoms with Gasteiger partial charge in [-0.2, -0.15) is 4.63 Å². The van der Waals surface area contributed by atoms with Gasteiger partial charge in [-0.1, -0.05) is 0 Å². The molecular formula is C10H17N3O6. The summed E-state index contributed by atoms with van der Waals surface area (Å²) in [7, 11) is 0. The molecule has 1 N–H and O–H groups in total. The fourth-order valence-corrected chi connectivity index (χ4v) is 1.96. The van der Waals surface area contributed by atoms with Crippen molar-refractivity contribution in [3.8, 4) is 0 Å². The summed E-state index contributed by atoms with van der Waals surface area (Å²) in [4.78, 5) is 28.1. The smallest absolute Gasteiger partial charge is 0.308 e. The lowest BCUT2D eigenvalue weighted by Crippen LogP contribution is -2.44. The van der Waals surface area contributed by atoms with E-state index in [-0.39, 0.29) is 0 Å². The van der Waals surface area contributed by atoms with Gasteiger partial charge in [-0.25, -0.2) is 0 Å². The molecule has 108 valence electrons. The predicted molar refractivity (Wildman–Crippen MR) is 60.8 cm³/mol. The molecule has 1 saturated heterocycles. The third-order valence-corrected chi connectivity index (χ3v) is 2.82. The molecule has 19 heavy (non-hydrogen) atoms. The van der Waals surface area contributed by atoms with Crippen LogP contribution in [0.1, 0.15) is 26.7 Å². The molecule has 0 saturated carbocycles. The van der Waals surface area contributed by atoms with Crippen LogP contribution in [0.5, 0.6) is 0 Å². The molecule has 1 aromatic rings. The van der Waals surface area contributed by atoms with Crippen molar-refractivity contribution in [3.63, 3.8) is 0 Å². The molecule has 0 spiro atoms. The van der Waals surface area contributed by atoms with Gasteiger partial charge in [0.05, 0.1) is 12.5 Å². The molecule has 1 aliphatic rings. The van der Waals surface area contributed by atoms with E-state index in [0.717, 1.165) is 11.4 Å². The van der Waals surface area contributed by atoms with Crippen molar-refractivity contribution in [2.45, 2.75) is 33.0 Å². The Kier molecular flexibility index (Phi) is 3.72. The van der Waals surface area contributed by atoms with Crippen LogP contribution in [0, 0.1) is 5.92 Å². The molecule has 9 nitrogen and oxygen atoms in total. The summed E-state index contributed by atoms with van der Waals surface area (Å²) >= 11 is 0. The average Bonchev–Trinajstić information content (AvgIpc) is 3.07. The second kappa shape index (κ2) is 5.29. The number of rotatable bonds is 5. The summed E-state index contributed by atoms with van der Waals surface area (Å²) in [6, 6.07) is 0. The molecule has 1 fully saturated rings. The minimum absolute atomic E-state index is 0.358. The van der Waals surface area contributed by atoms with Crippen molar-refractivity contribution in [2.24, 2.45) is 5.92 Å². The Labute approximate surface area is 109 Å². The van der Waals surface area contributed by atoms with Crippen LogP contribution < -0.4 is 9.85 Å². The molecule has 2 atom stereocenters. The Hall–Kier alpha value is -2.06. The van der Waals surface area contributed by atoms with Gasteiger partial charge in [0.25, 0.3) is 6.29 Å². The number of carboxylic acids is 1. The molecule has 0 aromatic carbocycles. The van der Waals surface area contributed by atoms with E-state index >= 15 is 0 Å². The summed E-state index contributed by atoms with van der Waals surface area (Å²) in [5, 5.41) is 11.8. The first-order chi connectivity index (χ1) is 8.97. The molecule has 1 aromatic heterocycles. The van der Waals surface area contributed by atoms with Crippen molar-refractivity contribution in [3.05, 3.63) is 0 Å². The van der Waals surface area contributed by atoms with Crippen molar-refractivity contribution in [2.75, 3.05) is 18.1 Å². The maximum Gasteiger partial charge on any atom is 0.308 e. The summed E-state index contributed by atoms with van der Waals surface area (Å²) < 4.78 is 9.80. The van der Waals surface area contributed by atoms with E-state index in [1.54, 1.807) is 11.9 Å². The Morgan fingerprint density at radius 1 is 1.47 bits per heavy atom. The maximum absolute atomic E-state index is 10.9. The molecule has 1 aliphatic heterocycles. The van der Waals surface area contributed by atoms with Gasteiger partial charge in [0.1, 0.15) is 5.02 Å². The number of ether oxygens (including phenoxy) is 1. The molecule has 2 heterocycles.